The zero-order valence-corrected chi connectivity index (χ0v) is 16.1. The largest absolute Gasteiger partial charge is 0.318 e. The Morgan fingerprint density at radius 1 is 1.08 bits per heavy atom. The predicted octanol–water partition coefficient (Wildman–Crippen LogP) is 5.59. The van der Waals surface area contributed by atoms with Crippen LogP contribution in [-0.2, 0) is 5.41 Å². The smallest absolute Gasteiger partial charge is 0.257 e. The molecule has 26 heavy (non-hydrogen) atoms. The van der Waals surface area contributed by atoms with Crippen LogP contribution in [0.1, 0.15) is 42.4 Å². The van der Waals surface area contributed by atoms with Crippen molar-refractivity contribution < 1.29 is 4.79 Å². The zero-order chi connectivity index (χ0) is 18.9. The Morgan fingerprint density at radius 3 is 2.35 bits per heavy atom. The van der Waals surface area contributed by atoms with Crippen LogP contribution in [0.4, 0.5) is 5.69 Å². The van der Waals surface area contributed by atoms with E-state index in [1.165, 1.54) is 5.56 Å². The van der Waals surface area contributed by atoms with Crippen LogP contribution in [0.2, 0.25) is 5.02 Å². The van der Waals surface area contributed by atoms with Crippen LogP contribution in [0.3, 0.4) is 0 Å². The molecule has 0 spiro atoms. The maximum Gasteiger partial charge on any atom is 0.257 e. The van der Waals surface area contributed by atoms with Crippen LogP contribution in [0, 0.1) is 6.92 Å². The van der Waals surface area contributed by atoms with Crippen molar-refractivity contribution in [1.29, 1.82) is 0 Å². The number of rotatable bonds is 3. The van der Waals surface area contributed by atoms with Gasteiger partial charge in [-0.3, -0.25) is 9.89 Å². The van der Waals surface area contributed by atoms with E-state index in [2.05, 4.69) is 48.4 Å². The summed E-state index contributed by atoms with van der Waals surface area (Å²) in [5.74, 6) is -0.257. The first kappa shape index (κ1) is 18.2. The van der Waals surface area contributed by atoms with Gasteiger partial charge in [-0.15, -0.1) is 0 Å². The molecule has 0 radical (unpaired) electrons. The normalized spacial score (nSPS) is 11.4. The average molecular weight is 368 g/mol. The number of H-pyrrole nitrogens is 1. The Morgan fingerprint density at radius 2 is 1.73 bits per heavy atom. The van der Waals surface area contributed by atoms with Crippen molar-refractivity contribution in [2.45, 2.75) is 33.1 Å². The molecule has 0 bridgehead atoms. The van der Waals surface area contributed by atoms with Crippen LogP contribution in [0.25, 0.3) is 11.3 Å². The van der Waals surface area contributed by atoms with Crippen LogP contribution in [0.15, 0.2) is 48.5 Å². The Bertz CT molecular complexity index is 937. The monoisotopic (exact) mass is 367 g/mol. The first-order chi connectivity index (χ1) is 12.3. The molecule has 0 fully saturated rings. The van der Waals surface area contributed by atoms with E-state index in [1.54, 1.807) is 24.3 Å². The lowest BCUT2D eigenvalue weighted by atomic mass is 9.86. The Balaban J connectivity index is 1.92. The molecule has 3 aromatic rings. The lowest BCUT2D eigenvalue weighted by molar-refractivity contribution is 0.102. The number of aromatic nitrogens is 2. The van der Waals surface area contributed by atoms with Gasteiger partial charge in [0.1, 0.15) is 5.69 Å². The van der Waals surface area contributed by atoms with Crippen molar-refractivity contribution >= 4 is 23.2 Å². The van der Waals surface area contributed by atoms with Crippen molar-refractivity contribution in [3.63, 3.8) is 0 Å². The number of halogens is 1. The van der Waals surface area contributed by atoms with Gasteiger partial charge >= 0.3 is 0 Å². The first-order valence-electron chi connectivity index (χ1n) is 8.49. The molecule has 1 amide bonds. The molecule has 3 rings (SSSR count). The summed E-state index contributed by atoms with van der Waals surface area (Å²) < 4.78 is 0. The number of carbonyl (C=O) groups excluding carboxylic acids is 1. The minimum atomic E-state index is -0.257. The number of carbonyl (C=O) groups is 1. The number of anilines is 1. The Hall–Kier alpha value is -2.59. The van der Waals surface area contributed by atoms with Gasteiger partial charge in [-0.05, 0) is 30.0 Å². The van der Waals surface area contributed by atoms with E-state index in [-0.39, 0.29) is 11.3 Å². The summed E-state index contributed by atoms with van der Waals surface area (Å²) >= 11 is 6.13. The van der Waals surface area contributed by atoms with E-state index >= 15 is 0 Å². The third kappa shape index (κ3) is 3.65. The number of hydrogen-bond acceptors (Lipinski definition) is 2. The van der Waals surface area contributed by atoms with Gasteiger partial charge in [-0.1, -0.05) is 68.8 Å². The number of aromatic amines is 1. The highest BCUT2D eigenvalue weighted by Crippen LogP contribution is 2.31. The molecule has 5 heteroatoms. The molecule has 0 aliphatic carbocycles. The summed E-state index contributed by atoms with van der Waals surface area (Å²) in [7, 11) is 0. The second-order valence-electron chi connectivity index (χ2n) is 7.33. The van der Waals surface area contributed by atoms with E-state index in [1.807, 2.05) is 19.1 Å². The average Bonchev–Trinajstić information content (AvgIpc) is 2.95. The highest BCUT2D eigenvalue weighted by molar-refractivity contribution is 6.34. The molecule has 4 nitrogen and oxygen atoms in total. The quantitative estimate of drug-likeness (QED) is 0.634. The van der Waals surface area contributed by atoms with Crippen LogP contribution < -0.4 is 5.32 Å². The molecule has 2 N–H and O–H groups in total. The van der Waals surface area contributed by atoms with Gasteiger partial charge in [0.25, 0.3) is 5.91 Å². The fraction of sp³-hybridized carbons (Fsp3) is 0.238. The summed E-state index contributed by atoms with van der Waals surface area (Å²) in [5.41, 5.74) is 4.87. The highest BCUT2D eigenvalue weighted by Gasteiger charge is 2.18. The van der Waals surface area contributed by atoms with Crippen molar-refractivity contribution in [3.8, 4) is 11.3 Å². The molecule has 0 unspecified atom stereocenters. The Kier molecular flexibility index (Phi) is 4.88. The highest BCUT2D eigenvalue weighted by atomic mass is 35.5. The molecule has 134 valence electrons. The van der Waals surface area contributed by atoms with E-state index in [0.29, 0.717) is 22.0 Å². The maximum absolute atomic E-state index is 12.6. The zero-order valence-electron chi connectivity index (χ0n) is 15.4. The van der Waals surface area contributed by atoms with Gasteiger partial charge in [-0.2, -0.15) is 5.10 Å². The molecule has 0 saturated heterocycles. The summed E-state index contributed by atoms with van der Waals surface area (Å²) in [5, 5.41) is 10.7. The third-order valence-electron chi connectivity index (χ3n) is 4.33. The summed E-state index contributed by atoms with van der Waals surface area (Å²) in [6.07, 6.45) is 0. The first-order valence-corrected chi connectivity index (χ1v) is 8.87. The van der Waals surface area contributed by atoms with Gasteiger partial charge in [0.15, 0.2) is 0 Å². The van der Waals surface area contributed by atoms with Crippen LogP contribution in [-0.4, -0.2) is 16.1 Å². The predicted molar refractivity (Wildman–Crippen MR) is 107 cm³/mol. The molecule has 0 aliphatic heterocycles. The molecule has 1 aromatic heterocycles. The fourth-order valence-electron chi connectivity index (χ4n) is 2.75. The van der Waals surface area contributed by atoms with Gasteiger partial charge in [-0.25, -0.2) is 0 Å². The molecular formula is C21H22ClN3O. The third-order valence-corrected chi connectivity index (χ3v) is 4.66. The number of nitrogens with one attached hydrogen (secondary N) is 2. The topological polar surface area (TPSA) is 57.8 Å². The van der Waals surface area contributed by atoms with E-state index < -0.39 is 0 Å². The standard InChI is InChI=1S/C21H22ClN3O/c1-13-18(23-20(26)16-7-5-6-8-17(16)22)19(25-24-13)14-9-11-15(12-10-14)21(2,3)4/h5-12H,1-4H3,(H,23,26)(H,24,25). The Labute approximate surface area is 158 Å². The van der Waals surface area contributed by atoms with E-state index in [0.717, 1.165) is 11.3 Å². The summed E-state index contributed by atoms with van der Waals surface area (Å²) in [6, 6.07) is 15.2. The van der Waals surface area contributed by atoms with Gasteiger partial charge in [0, 0.05) is 5.56 Å². The van der Waals surface area contributed by atoms with E-state index in [4.69, 9.17) is 11.6 Å². The summed E-state index contributed by atoms with van der Waals surface area (Å²) in [6.45, 7) is 8.41. The number of benzene rings is 2. The molecule has 0 atom stereocenters. The number of amides is 1. The van der Waals surface area contributed by atoms with E-state index in [9.17, 15) is 4.79 Å². The summed E-state index contributed by atoms with van der Waals surface area (Å²) in [4.78, 5) is 12.6. The van der Waals surface area contributed by atoms with Crippen molar-refractivity contribution in [2.24, 2.45) is 0 Å². The minimum Gasteiger partial charge on any atom is -0.318 e. The van der Waals surface area contributed by atoms with Crippen LogP contribution in [0.5, 0.6) is 0 Å². The molecule has 1 heterocycles. The molecular weight excluding hydrogens is 346 g/mol. The number of nitrogens with zero attached hydrogens (tertiary/aromatic N) is 1. The fourth-order valence-corrected chi connectivity index (χ4v) is 2.97. The van der Waals surface area contributed by atoms with Crippen LogP contribution >= 0.6 is 11.6 Å². The van der Waals surface area contributed by atoms with Crippen molar-refractivity contribution in [2.75, 3.05) is 5.32 Å². The van der Waals surface area contributed by atoms with Gasteiger partial charge < -0.3 is 5.32 Å². The SMILES string of the molecule is Cc1[nH]nc(-c2ccc(C(C)(C)C)cc2)c1NC(=O)c1ccccc1Cl. The van der Waals surface area contributed by atoms with Gasteiger partial charge in [0.05, 0.1) is 22.0 Å². The van der Waals surface area contributed by atoms with Crippen molar-refractivity contribution in [1.82, 2.24) is 10.2 Å². The van der Waals surface area contributed by atoms with Gasteiger partial charge in [0.2, 0.25) is 0 Å². The lowest BCUT2D eigenvalue weighted by Crippen LogP contribution is -2.13. The second-order valence-corrected chi connectivity index (χ2v) is 7.74. The number of aryl methyl sites for hydroxylation is 1. The lowest BCUT2D eigenvalue weighted by Gasteiger charge is -2.19. The minimum absolute atomic E-state index is 0.0845. The number of hydrogen-bond donors (Lipinski definition) is 2. The van der Waals surface area contributed by atoms with Crippen molar-refractivity contribution in [3.05, 3.63) is 70.4 Å². The molecule has 2 aromatic carbocycles. The molecule has 0 saturated carbocycles. The second kappa shape index (κ2) is 6.96. The molecule has 0 aliphatic rings. The maximum atomic E-state index is 12.6.